The van der Waals surface area contributed by atoms with Gasteiger partial charge in [-0.05, 0) is 17.2 Å². The zero-order valence-electron chi connectivity index (χ0n) is 13.1. The minimum Gasteiger partial charge on any atom is -0.488 e. The van der Waals surface area contributed by atoms with Gasteiger partial charge in [0.2, 0.25) is 0 Å². The van der Waals surface area contributed by atoms with Gasteiger partial charge in [-0.1, -0.05) is 42.5 Å². The molecule has 0 amide bonds. The summed E-state index contributed by atoms with van der Waals surface area (Å²) in [4.78, 5) is 0. The molecule has 0 atom stereocenters. The molecule has 0 aliphatic carbocycles. The van der Waals surface area contributed by atoms with Crippen LogP contribution in [0.15, 0.2) is 60.9 Å². The van der Waals surface area contributed by atoms with E-state index >= 15 is 0 Å². The summed E-state index contributed by atoms with van der Waals surface area (Å²) in [5.41, 5.74) is 3.61. The molecule has 0 radical (unpaired) electrons. The molecule has 0 spiro atoms. The van der Waals surface area contributed by atoms with Crippen molar-refractivity contribution in [2.45, 2.75) is 19.8 Å². The SMILES string of the molecule is N#CCn1cc(-c2ccc(CO)cc2OCc2ccccc2)cn1. The molecule has 2 aromatic carbocycles. The Hall–Kier alpha value is -3.10. The minimum atomic E-state index is -0.0460. The van der Waals surface area contributed by atoms with Crippen molar-refractivity contribution in [2.24, 2.45) is 0 Å². The Morgan fingerprint density at radius 2 is 1.96 bits per heavy atom. The highest BCUT2D eigenvalue weighted by Crippen LogP contribution is 2.31. The number of hydrogen-bond donors (Lipinski definition) is 1. The van der Waals surface area contributed by atoms with Gasteiger partial charge in [0.05, 0.1) is 18.9 Å². The van der Waals surface area contributed by atoms with E-state index in [1.54, 1.807) is 10.9 Å². The summed E-state index contributed by atoms with van der Waals surface area (Å²) in [5.74, 6) is 0.682. The van der Waals surface area contributed by atoms with Crippen LogP contribution in [0.1, 0.15) is 11.1 Å². The fourth-order valence-electron chi connectivity index (χ4n) is 2.42. The maximum atomic E-state index is 9.37. The Balaban J connectivity index is 1.89. The standard InChI is InChI=1S/C19H17N3O2/c20-8-9-22-12-17(11-21-22)18-7-6-16(13-23)10-19(18)24-14-15-4-2-1-3-5-15/h1-7,10-12,23H,9,13-14H2. The Morgan fingerprint density at radius 3 is 2.71 bits per heavy atom. The summed E-state index contributed by atoms with van der Waals surface area (Å²) in [5, 5.41) is 22.3. The van der Waals surface area contributed by atoms with Crippen LogP contribution >= 0.6 is 0 Å². The first kappa shape index (κ1) is 15.8. The summed E-state index contributed by atoms with van der Waals surface area (Å²) in [6.07, 6.45) is 3.52. The third kappa shape index (κ3) is 3.62. The second-order valence-corrected chi connectivity index (χ2v) is 5.35. The third-order valence-corrected chi connectivity index (χ3v) is 3.64. The molecule has 0 aliphatic heterocycles. The van der Waals surface area contributed by atoms with E-state index in [0.717, 1.165) is 22.3 Å². The van der Waals surface area contributed by atoms with Crippen LogP contribution < -0.4 is 4.74 Å². The molecular weight excluding hydrogens is 302 g/mol. The van der Waals surface area contributed by atoms with E-state index in [4.69, 9.17) is 10.00 Å². The quantitative estimate of drug-likeness (QED) is 0.757. The monoisotopic (exact) mass is 319 g/mol. The average molecular weight is 319 g/mol. The summed E-state index contributed by atoms with van der Waals surface area (Å²) < 4.78 is 7.56. The van der Waals surface area contributed by atoms with Gasteiger partial charge < -0.3 is 9.84 Å². The van der Waals surface area contributed by atoms with Crippen molar-refractivity contribution in [1.29, 1.82) is 5.26 Å². The topological polar surface area (TPSA) is 71.1 Å². The molecule has 0 aliphatic rings. The van der Waals surface area contributed by atoms with E-state index in [1.165, 1.54) is 0 Å². The second kappa shape index (κ2) is 7.44. The maximum absolute atomic E-state index is 9.37. The molecule has 0 fully saturated rings. The number of aliphatic hydroxyl groups excluding tert-OH is 1. The molecule has 5 heteroatoms. The van der Waals surface area contributed by atoms with Crippen molar-refractivity contribution in [1.82, 2.24) is 9.78 Å². The maximum Gasteiger partial charge on any atom is 0.128 e. The minimum absolute atomic E-state index is 0.0460. The number of nitrogens with zero attached hydrogens (tertiary/aromatic N) is 3. The van der Waals surface area contributed by atoms with Crippen LogP contribution in [0.25, 0.3) is 11.1 Å². The summed E-state index contributed by atoms with van der Waals surface area (Å²) in [6.45, 7) is 0.597. The molecule has 3 rings (SSSR count). The highest BCUT2D eigenvalue weighted by molar-refractivity contribution is 5.69. The van der Waals surface area contributed by atoms with Crippen molar-refractivity contribution in [2.75, 3.05) is 0 Å². The molecule has 120 valence electrons. The molecule has 0 saturated heterocycles. The zero-order valence-corrected chi connectivity index (χ0v) is 13.1. The zero-order chi connectivity index (χ0) is 16.8. The lowest BCUT2D eigenvalue weighted by molar-refractivity contribution is 0.278. The first-order valence-corrected chi connectivity index (χ1v) is 7.60. The molecule has 1 aromatic heterocycles. The number of aliphatic hydroxyl groups is 1. The molecular formula is C19H17N3O2. The van der Waals surface area contributed by atoms with Gasteiger partial charge >= 0.3 is 0 Å². The van der Waals surface area contributed by atoms with E-state index in [1.807, 2.05) is 54.7 Å². The third-order valence-electron chi connectivity index (χ3n) is 3.64. The van der Waals surface area contributed by atoms with Crippen LogP contribution in [0.2, 0.25) is 0 Å². The van der Waals surface area contributed by atoms with Gasteiger partial charge in [0, 0.05) is 17.3 Å². The van der Waals surface area contributed by atoms with Crippen LogP contribution in [-0.2, 0) is 19.8 Å². The van der Waals surface area contributed by atoms with Crippen LogP contribution in [0, 0.1) is 11.3 Å². The van der Waals surface area contributed by atoms with E-state index in [-0.39, 0.29) is 13.2 Å². The van der Waals surface area contributed by atoms with Crippen LogP contribution in [0.3, 0.4) is 0 Å². The van der Waals surface area contributed by atoms with E-state index in [0.29, 0.717) is 12.4 Å². The Morgan fingerprint density at radius 1 is 1.12 bits per heavy atom. The summed E-state index contributed by atoms with van der Waals surface area (Å²) >= 11 is 0. The van der Waals surface area contributed by atoms with Crippen molar-refractivity contribution >= 4 is 0 Å². The molecule has 24 heavy (non-hydrogen) atoms. The molecule has 0 saturated carbocycles. The van der Waals surface area contributed by atoms with Crippen LogP contribution in [-0.4, -0.2) is 14.9 Å². The molecule has 1 heterocycles. The first-order chi connectivity index (χ1) is 11.8. The summed E-state index contributed by atoms with van der Waals surface area (Å²) in [6, 6.07) is 17.6. The van der Waals surface area contributed by atoms with Gasteiger partial charge in [0.25, 0.3) is 0 Å². The summed E-state index contributed by atoms with van der Waals surface area (Å²) in [7, 11) is 0. The lowest BCUT2D eigenvalue weighted by Gasteiger charge is -2.12. The largest absolute Gasteiger partial charge is 0.488 e. The molecule has 5 nitrogen and oxygen atoms in total. The number of rotatable bonds is 6. The lowest BCUT2D eigenvalue weighted by Crippen LogP contribution is -1.98. The predicted molar refractivity (Wildman–Crippen MR) is 90.0 cm³/mol. The Kier molecular flexibility index (Phi) is 4.90. The number of nitriles is 1. The second-order valence-electron chi connectivity index (χ2n) is 5.35. The smallest absolute Gasteiger partial charge is 0.128 e. The number of benzene rings is 2. The Bertz CT molecular complexity index is 851. The van der Waals surface area contributed by atoms with Gasteiger partial charge in [-0.15, -0.1) is 0 Å². The fraction of sp³-hybridized carbons (Fsp3) is 0.158. The van der Waals surface area contributed by atoms with E-state index < -0.39 is 0 Å². The highest BCUT2D eigenvalue weighted by Gasteiger charge is 2.10. The van der Waals surface area contributed by atoms with Crippen LogP contribution in [0.5, 0.6) is 5.75 Å². The molecule has 0 unspecified atom stereocenters. The number of aromatic nitrogens is 2. The normalized spacial score (nSPS) is 10.3. The molecule has 0 bridgehead atoms. The first-order valence-electron chi connectivity index (χ1n) is 7.60. The number of hydrogen-bond acceptors (Lipinski definition) is 4. The predicted octanol–water partition coefficient (Wildman–Crippen LogP) is 3.14. The van der Waals surface area contributed by atoms with Crippen molar-refractivity contribution in [3.05, 3.63) is 72.1 Å². The van der Waals surface area contributed by atoms with Gasteiger partial charge in [0.1, 0.15) is 18.9 Å². The number of ether oxygens (including phenoxy) is 1. The molecule has 3 aromatic rings. The van der Waals surface area contributed by atoms with Gasteiger partial charge in [0.15, 0.2) is 0 Å². The Labute approximate surface area is 140 Å². The van der Waals surface area contributed by atoms with Gasteiger partial charge in [-0.25, -0.2) is 0 Å². The van der Waals surface area contributed by atoms with Gasteiger partial charge in [-0.2, -0.15) is 10.4 Å². The van der Waals surface area contributed by atoms with Crippen LogP contribution in [0.4, 0.5) is 0 Å². The fourth-order valence-corrected chi connectivity index (χ4v) is 2.42. The highest BCUT2D eigenvalue weighted by atomic mass is 16.5. The average Bonchev–Trinajstić information content (AvgIpc) is 3.09. The van der Waals surface area contributed by atoms with Gasteiger partial charge in [-0.3, -0.25) is 4.68 Å². The van der Waals surface area contributed by atoms with E-state index in [2.05, 4.69) is 11.2 Å². The van der Waals surface area contributed by atoms with E-state index in [9.17, 15) is 5.11 Å². The molecule has 1 N–H and O–H groups in total. The van der Waals surface area contributed by atoms with Crippen molar-refractivity contribution in [3.63, 3.8) is 0 Å². The van der Waals surface area contributed by atoms with Crippen molar-refractivity contribution < 1.29 is 9.84 Å². The lowest BCUT2D eigenvalue weighted by atomic mass is 10.1. The van der Waals surface area contributed by atoms with Crippen molar-refractivity contribution in [3.8, 4) is 22.9 Å².